The normalized spacial score (nSPS) is 15.9. The van der Waals surface area contributed by atoms with Crippen molar-refractivity contribution in [3.63, 3.8) is 0 Å². The van der Waals surface area contributed by atoms with Crippen LogP contribution >= 0.6 is 11.6 Å². The van der Waals surface area contributed by atoms with Gasteiger partial charge in [-0.25, -0.2) is 0 Å². The first-order chi connectivity index (χ1) is 13.5. The number of nitrogens with one attached hydrogen (secondary N) is 1. The number of para-hydroxylation sites is 1. The Morgan fingerprint density at radius 1 is 1.11 bits per heavy atom. The molecule has 4 nitrogen and oxygen atoms in total. The highest BCUT2D eigenvalue weighted by Gasteiger charge is 2.28. The second kappa shape index (κ2) is 9.24. The second-order valence-corrected chi connectivity index (χ2v) is 7.90. The molecule has 0 unspecified atom stereocenters. The lowest BCUT2D eigenvalue weighted by atomic mass is 9.93. The Kier molecular flexibility index (Phi) is 6.74. The van der Waals surface area contributed by atoms with Crippen LogP contribution in [-0.4, -0.2) is 29.8 Å². The number of halogens is 1. The highest BCUT2D eigenvalue weighted by atomic mass is 35.5. The van der Waals surface area contributed by atoms with Crippen LogP contribution in [0.1, 0.15) is 54.9 Å². The van der Waals surface area contributed by atoms with Crippen LogP contribution in [0.15, 0.2) is 48.5 Å². The summed E-state index contributed by atoms with van der Waals surface area (Å²) < 4.78 is 0. The molecular weight excluding hydrogens is 372 g/mol. The van der Waals surface area contributed by atoms with Crippen molar-refractivity contribution in [3.8, 4) is 0 Å². The molecule has 1 atom stereocenters. The van der Waals surface area contributed by atoms with Gasteiger partial charge in [-0.1, -0.05) is 43.6 Å². The van der Waals surface area contributed by atoms with E-state index in [9.17, 15) is 9.59 Å². The van der Waals surface area contributed by atoms with E-state index in [2.05, 4.69) is 25.2 Å². The minimum atomic E-state index is -0.0701. The quantitative estimate of drug-likeness (QED) is 0.738. The maximum Gasteiger partial charge on any atom is 0.253 e. The Hall–Kier alpha value is -2.33. The predicted octanol–water partition coefficient (Wildman–Crippen LogP) is 5.34. The molecule has 1 fully saturated rings. The minimum Gasteiger partial charge on any atom is -0.339 e. The molecule has 1 aliphatic heterocycles. The molecule has 2 amide bonds. The largest absolute Gasteiger partial charge is 0.339 e. The van der Waals surface area contributed by atoms with Crippen molar-refractivity contribution >= 4 is 29.1 Å². The van der Waals surface area contributed by atoms with E-state index in [1.165, 1.54) is 5.56 Å². The van der Waals surface area contributed by atoms with Crippen molar-refractivity contribution < 1.29 is 9.59 Å². The van der Waals surface area contributed by atoms with E-state index in [1.807, 2.05) is 23.1 Å². The van der Waals surface area contributed by atoms with E-state index >= 15 is 0 Å². The Balaban J connectivity index is 1.58. The number of amides is 2. The monoisotopic (exact) mass is 398 g/mol. The molecule has 1 saturated heterocycles. The predicted molar refractivity (Wildman–Crippen MR) is 114 cm³/mol. The van der Waals surface area contributed by atoms with Crippen molar-refractivity contribution in [1.29, 1.82) is 0 Å². The molecule has 0 aliphatic carbocycles. The molecule has 0 saturated carbocycles. The van der Waals surface area contributed by atoms with Crippen molar-refractivity contribution in [2.45, 2.75) is 39.0 Å². The Bertz CT molecular complexity index is 827. The van der Waals surface area contributed by atoms with Gasteiger partial charge in [-0.3, -0.25) is 9.59 Å². The SMILES string of the molecule is CC[C@@H](C)c1ccccc1NC(=O)C1CCN(C(=O)c2ccc(Cl)cc2)CC1. The van der Waals surface area contributed by atoms with Crippen LogP contribution in [0.3, 0.4) is 0 Å². The molecule has 1 N–H and O–H groups in total. The van der Waals surface area contributed by atoms with Crippen LogP contribution in [0.5, 0.6) is 0 Å². The lowest BCUT2D eigenvalue weighted by Crippen LogP contribution is -2.41. The van der Waals surface area contributed by atoms with Gasteiger partial charge in [-0.2, -0.15) is 0 Å². The van der Waals surface area contributed by atoms with Gasteiger partial charge in [0.05, 0.1) is 0 Å². The number of benzene rings is 2. The van der Waals surface area contributed by atoms with Gasteiger partial charge in [0.1, 0.15) is 0 Å². The number of piperidine rings is 1. The zero-order valence-corrected chi connectivity index (χ0v) is 17.2. The van der Waals surface area contributed by atoms with Crippen molar-refractivity contribution in [2.75, 3.05) is 18.4 Å². The van der Waals surface area contributed by atoms with Gasteiger partial charge in [-0.15, -0.1) is 0 Å². The fourth-order valence-electron chi connectivity index (χ4n) is 3.62. The molecule has 0 radical (unpaired) electrons. The molecule has 5 heteroatoms. The van der Waals surface area contributed by atoms with Crippen molar-refractivity contribution in [1.82, 2.24) is 4.90 Å². The summed E-state index contributed by atoms with van der Waals surface area (Å²) in [6, 6.07) is 15.0. The first-order valence-electron chi connectivity index (χ1n) is 9.94. The topological polar surface area (TPSA) is 49.4 Å². The summed E-state index contributed by atoms with van der Waals surface area (Å²) in [7, 11) is 0. The molecule has 1 aliphatic rings. The molecular formula is C23H27ClN2O2. The molecule has 2 aromatic carbocycles. The number of hydrogen-bond acceptors (Lipinski definition) is 2. The van der Waals surface area contributed by atoms with E-state index in [1.54, 1.807) is 24.3 Å². The third-order valence-corrected chi connectivity index (χ3v) is 5.86. The van der Waals surface area contributed by atoms with E-state index in [4.69, 9.17) is 11.6 Å². The fourth-order valence-corrected chi connectivity index (χ4v) is 3.74. The summed E-state index contributed by atoms with van der Waals surface area (Å²) in [4.78, 5) is 27.2. The van der Waals surface area contributed by atoms with E-state index in [-0.39, 0.29) is 17.7 Å². The van der Waals surface area contributed by atoms with Crippen LogP contribution in [-0.2, 0) is 4.79 Å². The number of rotatable bonds is 5. The number of hydrogen-bond donors (Lipinski definition) is 1. The van der Waals surface area contributed by atoms with Gasteiger partial charge < -0.3 is 10.2 Å². The van der Waals surface area contributed by atoms with E-state index < -0.39 is 0 Å². The number of carbonyl (C=O) groups excluding carboxylic acids is 2. The molecule has 1 heterocycles. The lowest BCUT2D eigenvalue weighted by Gasteiger charge is -2.31. The molecule has 3 rings (SSSR count). The van der Waals surface area contributed by atoms with Crippen LogP contribution in [0.25, 0.3) is 0 Å². The fraction of sp³-hybridized carbons (Fsp3) is 0.391. The molecule has 148 valence electrons. The first-order valence-corrected chi connectivity index (χ1v) is 10.3. The molecule has 0 bridgehead atoms. The Morgan fingerprint density at radius 3 is 2.39 bits per heavy atom. The van der Waals surface area contributed by atoms with Gasteiger partial charge in [0.2, 0.25) is 5.91 Å². The zero-order valence-electron chi connectivity index (χ0n) is 16.5. The minimum absolute atomic E-state index is 0.00218. The number of carbonyl (C=O) groups is 2. The van der Waals surface area contributed by atoms with Gasteiger partial charge in [0.15, 0.2) is 0 Å². The second-order valence-electron chi connectivity index (χ2n) is 7.46. The van der Waals surface area contributed by atoms with E-state index in [0.717, 1.165) is 12.1 Å². The summed E-state index contributed by atoms with van der Waals surface area (Å²) in [5.41, 5.74) is 2.71. The Morgan fingerprint density at radius 2 is 1.75 bits per heavy atom. The highest BCUT2D eigenvalue weighted by molar-refractivity contribution is 6.30. The maximum atomic E-state index is 12.8. The number of nitrogens with zero attached hydrogens (tertiary/aromatic N) is 1. The van der Waals surface area contributed by atoms with Crippen LogP contribution in [0.2, 0.25) is 5.02 Å². The third-order valence-electron chi connectivity index (χ3n) is 5.61. The van der Waals surface area contributed by atoms with Crippen LogP contribution in [0.4, 0.5) is 5.69 Å². The summed E-state index contributed by atoms with van der Waals surface area (Å²) in [5.74, 6) is 0.376. The lowest BCUT2D eigenvalue weighted by molar-refractivity contribution is -0.121. The first kappa shape index (κ1) is 20.4. The number of anilines is 1. The highest BCUT2D eigenvalue weighted by Crippen LogP contribution is 2.28. The standard InChI is InChI=1S/C23H27ClN2O2/c1-3-16(2)20-6-4-5-7-21(20)25-22(27)17-12-14-26(15-13-17)23(28)18-8-10-19(24)11-9-18/h4-11,16-17H,3,12-15H2,1-2H3,(H,25,27)/t16-/m1/s1. The summed E-state index contributed by atoms with van der Waals surface area (Å²) in [5, 5.41) is 3.74. The van der Waals surface area contributed by atoms with Gasteiger partial charge in [0.25, 0.3) is 5.91 Å². The molecule has 0 aromatic heterocycles. The van der Waals surface area contributed by atoms with Gasteiger partial charge in [-0.05, 0) is 61.1 Å². The summed E-state index contributed by atoms with van der Waals surface area (Å²) >= 11 is 5.89. The third kappa shape index (κ3) is 4.74. The Labute approximate surface area is 171 Å². The van der Waals surface area contributed by atoms with Gasteiger partial charge in [0, 0.05) is 35.3 Å². The van der Waals surface area contributed by atoms with Crippen molar-refractivity contribution in [3.05, 3.63) is 64.7 Å². The summed E-state index contributed by atoms with van der Waals surface area (Å²) in [6.45, 7) is 5.50. The zero-order chi connectivity index (χ0) is 20.1. The maximum absolute atomic E-state index is 12.8. The molecule has 0 spiro atoms. The van der Waals surface area contributed by atoms with Crippen molar-refractivity contribution in [2.24, 2.45) is 5.92 Å². The van der Waals surface area contributed by atoms with E-state index in [0.29, 0.717) is 42.4 Å². The molecule has 2 aromatic rings. The average Bonchev–Trinajstić information content (AvgIpc) is 2.73. The van der Waals surface area contributed by atoms with Crippen LogP contribution < -0.4 is 5.32 Å². The number of likely N-dealkylation sites (tertiary alicyclic amines) is 1. The summed E-state index contributed by atoms with van der Waals surface area (Å²) in [6.07, 6.45) is 2.38. The average molecular weight is 399 g/mol. The van der Waals surface area contributed by atoms with Gasteiger partial charge >= 0.3 is 0 Å². The smallest absolute Gasteiger partial charge is 0.253 e. The van der Waals surface area contributed by atoms with Crippen LogP contribution in [0, 0.1) is 5.92 Å². The molecule has 28 heavy (non-hydrogen) atoms.